The molecule has 1 fully saturated rings. The molecule has 6 nitrogen and oxygen atoms in total. The number of rotatable bonds is 11. The zero-order chi connectivity index (χ0) is 19.6. The Balaban J connectivity index is 1.54. The van der Waals surface area contributed by atoms with Gasteiger partial charge in [0.2, 0.25) is 12.7 Å². The molecule has 1 aromatic rings. The molecule has 0 bridgehead atoms. The van der Waals surface area contributed by atoms with Gasteiger partial charge in [0.25, 0.3) is 0 Å². The predicted molar refractivity (Wildman–Crippen MR) is 109 cm³/mol. The Hall–Kier alpha value is -1.79. The van der Waals surface area contributed by atoms with E-state index in [1.54, 1.807) is 0 Å². The van der Waals surface area contributed by atoms with Crippen LogP contribution in [-0.2, 0) is 16.1 Å². The number of hydrogen-bond acceptors (Lipinski definition) is 5. The highest BCUT2D eigenvalue weighted by molar-refractivity contribution is 5.76. The van der Waals surface area contributed by atoms with Gasteiger partial charge in [-0.15, -0.1) is 0 Å². The molecule has 2 heterocycles. The molecule has 0 aliphatic carbocycles. The minimum Gasteiger partial charge on any atom is -0.454 e. The Morgan fingerprint density at radius 1 is 1.07 bits per heavy atom. The summed E-state index contributed by atoms with van der Waals surface area (Å²) in [6.45, 7) is 8.53. The Kier molecular flexibility index (Phi) is 8.42. The molecular formula is C22H34N2O4. The molecule has 156 valence electrons. The van der Waals surface area contributed by atoms with Crippen molar-refractivity contribution in [3.05, 3.63) is 23.8 Å². The minimum atomic E-state index is 0.260. The maximum absolute atomic E-state index is 12.9. The number of ether oxygens (including phenoxy) is 3. The van der Waals surface area contributed by atoms with Gasteiger partial charge in [-0.25, -0.2) is 0 Å². The zero-order valence-electron chi connectivity index (χ0n) is 17.2. The minimum absolute atomic E-state index is 0.260. The monoisotopic (exact) mass is 390 g/mol. The van der Waals surface area contributed by atoms with Crippen molar-refractivity contribution in [2.24, 2.45) is 0 Å². The van der Waals surface area contributed by atoms with Crippen LogP contribution in [0.3, 0.4) is 0 Å². The molecule has 0 aromatic heterocycles. The van der Waals surface area contributed by atoms with Crippen molar-refractivity contribution in [2.45, 2.75) is 52.0 Å². The lowest BCUT2D eigenvalue weighted by Gasteiger charge is -2.28. The fourth-order valence-corrected chi connectivity index (χ4v) is 3.72. The summed E-state index contributed by atoms with van der Waals surface area (Å²) in [4.78, 5) is 17.3. The van der Waals surface area contributed by atoms with Crippen LogP contribution >= 0.6 is 0 Å². The van der Waals surface area contributed by atoms with Gasteiger partial charge >= 0.3 is 0 Å². The number of unbranched alkanes of at least 4 members (excludes halogenated alkanes) is 3. The number of amides is 1. The van der Waals surface area contributed by atoms with Crippen LogP contribution in [0.15, 0.2) is 18.2 Å². The van der Waals surface area contributed by atoms with Gasteiger partial charge in [-0.2, -0.15) is 0 Å². The fraction of sp³-hybridized carbons (Fsp3) is 0.682. The first-order valence-corrected chi connectivity index (χ1v) is 10.7. The first-order chi connectivity index (χ1) is 13.8. The van der Waals surface area contributed by atoms with Crippen LogP contribution in [0.4, 0.5) is 0 Å². The highest BCUT2D eigenvalue weighted by atomic mass is 16.7. The van der Waals surface area contributed by atoms with Gasteiger partial charge in [-0.3, -0.25) is 9.69 Å². The van der Waals surface area contributed by atoms with Crippen LogP contribution < -0.4 is 9.47 Å². The van der Waals surface area contributed by atoms with Crippen molar-refractivity contribution in [3.63, 3.8) is 0 Å². The van der Waals surface area contributed by atoms with Gasteiger partial charge in [0.1, 0.15) is 0 Å². The number of hydrogen-bond donors (Lipinski definition) is 0. The van der Waals surface area contributed by atoms with Crippen molar-refractivity contribution in [1.29, 1.82) is 0 Å². The number of carbonyl (C=O) groups is 1. The lowest BCUT2D eigenvalue weighted by molar-refractivity contribution is -0.132. The molecule has 1 amide bonds. The molecule has 6 heteroatoms. The highest BCUT2D eigenvalue weighted by Crippen LogP contribution is 2.32. The van der Waals surface area contributed by atoms with Crippen molar-refractivity contribution in [3.8, 4) is 11.5 Å². The third-order valence-electron chi connectivity index (χ3n) is 5.41. The standard InChI is InChI=1S/C22H34N2O4/c1-2-3-4-5-7-22(25)24(11-6-10-23-12-14-26-15-13-23)17-19-8-9-20-21(16-19)28-18-27-20/h8-9,16H,2-7,10-15,17-18H2,1H3. The van der Waals surface area contributed by atoms with Crippen LogP contribution in [0.1, 0.15) is 51.0 Å². The fourth-order valence-electron chi connectivity index (χ4n) is 3.72. The molecular weight excluding hydrogens is 356 g/mol. The number of benzene rings is 1. The Morgan fingerprint density at radius 3 is 2.71 bits per heavy atom. The summed E-state index contributed by atoms with van der Waals surface area (Å²) in [7, 11) is 0. The third-order valence-corrected chi connectivity index (χ3v) is 5.41. The summed E-state index contributed by atoms with van der Waals surface area (Å²) in [6, 6.07) is 5.98. The van der Waals surface area contributed by atoms with Gasteiger partial charge in [0.15, 0.2) is 11.5 Å². The van der Waals surface area contributed by atoms with Gasteiger partial charge < -0.3 is 19.1 Å². The van der Waals surface area contributed by atoms with E-state index in [0.29, 0.717) is 13.0 Å². The van der Waals surface area contributed by atoms with Gasteiger partial charge in [0.05, 0.1) is 13.2 Å². The average Bonchev–Trinajstić information content (AvgIpc) is 3.19. The number of carbonyl (C=O) groups excluding carboxylic acids is 1. The van der Waals surface area contributed by atoms with Gasteiger partial charge in [-0.05, 0) is 30.5 Å². The summed E-state index contributed by atoms with van der Waals surface area (Å²) < 4.78 is 16.3. The van der Waals surface area contributed by atoms with Crippen LogP contribution in [0, 0.1) is 0 Å². The predicted octanol–water partition coefficient (Wildman–Crippen LogP) is 3.44. The molecule has 0 radical (unpaired) electrons. The first-order valence-electron chi connectivity index (χ1n) is 10.7. The maximum atomic E-state index is 12.9. The summed E-state index contributed by atoms with van der Waals surface area (Å²) >= 11 is 0. The van der Waals surface area contributed by atoms with E-state index < -0.39 is 0 Å². The summed E-state index contributed by atoms with van der Waals surface area (Å²) in [6.07, 6.45) is 6.14. The van der Waals surface area contributed by atoms with Crippen LogP contribution in [-0.4, -0.2) is 61.9 Å². The Bertz CT molecular complexity index is 617. The van der Waals surface area contributed by atoms with Gasteiger partial charge in [-0.1, -0.05) is 32.3 Å². The van der Waals surface area contributed by atoms with Crippen molar-refractivity contribution in [1.82, 2.24) is 9.80 Å². The Labute approximate surface area is 168 Å². The third kappa shape index (κ3) is 6.38. The second-order valence-electron chi connectivity index (χ2n) is 7.62. The molecule has 0 N–H and O–H groups in total. The summed E-state index contributed by atoms with van der Waals surface area (Å²) in [5.74, 6) is 1.82. The maximum Gasteiger partial charge on any atom is 0.231 e. The molecule has 2 aliphatic heterocycles. The quantitative estimate of drug-likeness (QED) is 0.542. The van der Waals surface area contributed by atoms with E-state index in [1.807, 2.05) is 23.1 Å². The second kappa shape index (κ2) is 11.3. The lowest BCUT2D eigenvalue weighted by Crippen LogP contribution is -2.39. The molecule has 2 aliphatic rings. The number of morpholine rings is 1. The normalized spacial score (nSPS) is 16.3. The summed E-state index contributed by atoms with van der Waals surface area (Å²) in [5.41, 5.74) is 1.09. The SMILES string of the molecule is CCCCCCC(=O)N(CCCN1CCOCC1)Cc1ccc2c(c1)OCO2. The lowest BCUT2D eigenvalue weighted by atomic mass is 10.1. The van der Waals surface area contributed by atoms with E-state index in [2.05, 4.69) is 11.8 Å². The van der Waals surface area contributed by atoms with Crippen LogP contribution in [0.5, 0.6) is 11.5 Å². The molecule has 1 aromatic carbocycles. The number of fused-ring (bicyclic) bond motifs is 1. The molecule has 3 rings (SSSR count). The van der Waals surface area contributed by atoms with Crippen molar-refractivity contribution >= 4 is 5.91 Å². The molecule has 0 unspecified atom stereocenters. The van der Waals surface area contributed by atoms with Crippen LogP contribution in [0.25, 0.3) is 0 Å². The van der Waals surface area contributed by atoms with Crippen molar-refractivity contribution < 1.29 is 19.0 Å². The van der Waals surface area contributed by atoms with E-state index in [4.69, 9.17) is 14.2 Å². The van der Waals surface area contributed by atoms with E-state index >= 15 is 0 Å². The molecule has 28 heavy (non-hydrogen) atoms. The second-order valence-corrected chi connectivity index (χ2v) is 7.62. The molecule has 0 atom stereocenters. The molecule has 1 saturated heterocycles. The van der Waals surface area contributed by atoms with Gasteiger partial charge in [0, 0.05) is 39.1 Å². The summed E-state index contributed by atoms with van der Waals surface area (Å²) in [5, 5.41) is 0. The largest absolute Gasteiger partial charge is 0.454 e. The van der Waals surface area contributed by atoms with E-state index in [-0.39, 0.29) is 12.7 Å². The Morgan fingerprint density at radius 2 is 1.89 bits per heavy atom. The van der Waals surface area contributed by atoms with E-state index in [9.17, 15) is 4.79 Å². The van der Waals surface area contributed by atoms with E-state index in [0.717, 1.165) is 75.7 Å². The first kappa shape index (κ1) is 20.9. The smallest absolute Gasteiger partial charge is 0.231 e. The van der Waals surface area contributed by atoms with E-state index in [1.165, 1.54) is 12.8 Å². The zero-order valence-corrected chi connectivity index (χ0v) is 17.2. The highest BCUT2D eigenvalue weighted by Gasteiger charge is 2.18. The topological polar surface area (TPSA) is 51.2 Å². The molecule has 0 saturated carbocycles. The van der Waals surface area contributed by atoms with Crippen LogP contribution in [0.2, 0.25) is 0 Å². The number of nitrogens with zero attached hydrogens (tertiary/aromatic N) is 2. The molecule has 0 spiro atoms. The van der Waals surface area contributed by atoms with Crippen molar-refractivity contribution in [2.75, 3.05) is 46.2 Å². The average molecular weight is 391 g/mol.